The van der Waals surface area contributed by atoms with Crippen molar-refractivity contribution in [2.24, 2.45) is 0 Å². The van der Waals surface area contributed by atoms with Crippen LogP contribution in [0.25, 0.3) is 0 Å². The van der Waals surface area contributed by atoms with E-state index in [2.05, 4.69) is 15.5 Å². The zero-order valence-corrected chi connectivity index (χ0v) is 13.5. The number of aromatic nitrogens is 2. The van der Waals surface area contributed by atoms with E-state index in [-0.39, 0.29) is 17.4 Å². The van der Waals surface area contributed by atoms with Crippen LogP contribution >= 0.6 is 34.7 Å². The molecule has 0 radical (unpaired) electrons. The fourth-order valence-electron chi connectivity index (χ4n) is 1.37. The Balaban J connectivity index is 1.89. The SMILES string of the molecule is CCC(=O)Nc1nnc(SCC(=O)c2ccc(Cl)cc2)s1. The van der Waals surface area contributed by atoms with Gasteiger partial charge in [-0.3, -0.25) is 9.59 Å². The van der Waals surface area contributed by atoms with E-state index in [4.69, 9.17) is 11.6 Å². The number of nitrogens with zero attached hydrogens (tertiary/aromatic N) is 2. The molecule has 1 heterocycles. The van der Waals surface area contributed by atoms with Gasteiger partial charge in [0.05, 0.1) is 5.75 Å². The Hall–Kier alpha value is -1.44. The number of hydrogen-bond acceptors (Lipinski definition) is 6. The van der Waals surface area contributed by atoms with E-state index in [0.29, 0.717) is 26.5 Å². The Bertz CT molecular complexity index is 643. The summed E-state index contributed by atoms with van der Waals surface area (Å²) >= 11 is 8.32. The summed E-state index contributed by atoms with van der Waals surface area (Å²) in [5, 5.41) is 11.5. The summed E-state index contributed by atoms with van der Waals surface area (Å²) in [6.45, 7) is 1.76. The molecule has 110 valence electrons. The number of Topliss-reactive ketones (excluding diaryl/α,β-unsaturated/α-hetero) is 1. The highest BCUT2D eigenvalue weighted by atomic mass is 35.5. The number of nitrogens with one attached hydrogen (secondary N) is 1. The molecule has 0 saturated heterocycles. The Labute approximate surface area is 135 Å². The zero-order chi connectivity index (χ0) is 15.2. The number of carbonyl (C=O) groups excluding carboxylic acids is 2. The normalized spacial score (nSPS) is 10.4. The lowest BCUT2D eigenvalue weighted by atomic mass is 10.1. The summed E-state index contributed by atoms with van der Waals surface area (Å²) in [5.41, 5.74) is 0.607. The van der Waals surface area contributed by atoms with E-state index in [1.165, 1.54) is 23.1 Å². The van der Waals surface area contributed by atoms with Gasteiger partial charge in [0.15, 0.2) is 10.1 Å². The van der Waals surface area contributed by atoms with Gasteiger partial charge in [-0.2, -0.15) is 0 Å². The largest absolute Gasteiger partial charge is 0.301 e. The van der Waals surface area contributed by atoms with Gasteiger partial charge in [-0.25, -0.2) is 0 Å². The molecule has 2 aromatic rings. The first kappa shape index (κ1) is 15.9. The molecule has 5 nitrogen and oxygen atoms in total. The number of benzene rings is 1. The van der Waals surface area contributed by atoms with Crippen LogP contribution in [0.15, 0.2) is 28.6 Å². The van der Waals surface area contributed by atoms with Crippen molar-refractivity contribution < 1.29 is 9.59 Å². The molecule has 0 bridgehead atoms. The highest BCUT2D eigenvalue weighted by molar-refractivity contribution is 8.01. The van der Waals surface area contributed by atoms with E-state index in [9.17, 15) is 9.59 Å². The average molecular weight is 342 g/mol. The molecular formula is C13H12ClN3O2S2. The fourth-order valence-corrected chi connectivity index (χ4v) is 3.16. The van der Waals surface area contributed by atoms with Crippen LogP contribution in [-0.2, 0) is 4.79 Å². The van der Waals surface area contributed by atoms with Crippen LogP contribution in [0.2, 0.25) is 5.02 Å². The summed E-state index contributed by atoms with van der Waals surface area (Å²) in [6.07, 6.45) is 0.386. The minimum absolute atomic E-state index is 0.00832. The summed E-state index contributed by atoms with van der Waals surface area (Å²) in [7, 11) is 0. The van der Waals surface area contributed by atoms with Crippen LogP contribution < -0.4 is 5.32 Å². The molecule has 21 heavy (non-hydrogen) atoms. The van der Waals surface area contributed by atoms with Crippen LogP contribution in [-0.4, -0.2) is 27.6 Å². The lowest BCUT2D eigenvalue weighted by molar-refractivity contribution is -0.115. The van der Waals surface area contributed by atoms with Gasteiger partial charge >= 0.3 is 0 Å². The Kier molecular flexibility index (Phi) is 5.72. The molecular weight excluding hydrogens is 330 g/mol. The van der Waals surface area contributed by atoms with Crippen LogP contribution in [0.5, 0.6) is 0 Å². The topological polar surface area (TPSA) is 72.0 Å². The molecule has 1 aromatic carbocycles. The third kappa shape index (κ3) is 4.80. The molecule has 2 rings (SSSR count). The number of amides is 1. The summed E-state index contributed by atoms with van der Waals surface area (Å²) in [5.74, 6) is 0.142. The van der Waals surface area contributed by atoms with Gasteiger partial charge in [0.2, 0.25) is 11.0 Å². The molecule has 0 aliphatic carbocycles. The highest BCUT2D eigenvalue weighted by Gasteiger charge is 2.11. The fraction of sp³-hybridized carbons (Fsp3) is 0.231. The second-order valence-corrected chi connectivity index (χ2v) is 6.63. The van der Waals surface area contributed by atoms with Gasteiger partial charge in [0, 0.05) is 17.0 Å². The Morgan fingerprint density at radius 3 is 2.67 bits per heavy atom. The Morgan fingerprint density at radius 1 is 1.29 bits per heavy atom. The number of hydrogen-bond donors (Lipinski definition) is 1. The Morgan fingerprint density at radius 2 is 2.00 bits per heavy atom. The molecule has 0 atom stereocenters. The molecule has 0 aliphatic heterocycles. The maximum atomic E-state index is 12.0. The molecule has 0 saturated carbocycles. The zero-order valence-electron chi connectivity index (χ0n) is 11.1. The molecule has 0 aliphatic rings. The number of ketones is 1. The third-order valence-corrected chi connectivity index (χ3v) is 4.69. The van der Waals surface area contributed by atoms with Crippen molar-refractivity contribution >= 4 is 51.5 Å². The van der Waals surface area contributed by atoms with E-state index < -0.39 is 0 Å². The number of thioether (sulfide) groups is 1. The van der Waals surface area contributed by atoms with E-state index in [1.807, 2.05) is 0 Å². The number of carbonyl (C=O) groups is 2. The van der Waals surface area contributed by atoms with Crippen molar-refractivity contribution in [2.75, 3.05) is 11.1 Å². The van der Waals surface area contributed by atoms with Crippen molar-refractivity contribution in [1.29, 1.82) is 0 Å². The monoisotopic (exact) mass is 341 g/mol. The maximum Gasteiger partial charge on any atom is 0.225 e. The average Bonchev–Trinajstić information content (AvgIpc) is 2.93. The molecule has 1 N–H and O–H groups in total. The molecule has 0 fully saturated rings. The van der Waals surface area contributed by atoms with Crippen molar-refractivity contribution in [1.82, 2.24) is 10.2 Å². The van der Waals surface area contributed by atoms with Crippen molar-refractivity contribution in [3.8, 4) is 0 Å². The first-order valence-electron chi connectivity index (χ1n) is 6.13. The minimum Gasteiger partial charge on any atom is -0.301 e. The van der Waals surface area contributed by atoms with E-state index in [1.54, 1.807) is 31.2 Å². The highest BCUT2D eigenvalue weighted by Crippen LogP contribution is 2.26. The van der Waals surface area contributed by atoms with Crippen LogP contribution in [0.1, 0.15) is 23.7 Å². The van der Waals surface area contributed by atoms with Crippen LogP contribution in [0, 0.1) is 0 Å². The summed E-state index contributed by atoms with van der Waals surface area (Å²) in [4.78, 5) is 23.2. The van der Waals surface area contributed by atoms with Gasteiger partial charge in [-0.05, 0) is 24.3 Å². The lowest BCUT2D eigenvalue weighted by Crippen LogP contribution is -2.08. The molecule has 8 heteroatoms. The van der Waals surface area contributed by atoms with Gasteiger partial charge in [-0.15, -0.1) is 10.2 Å². The molecule has 0 spiro atoms. The van der Waals surface area contributed by atoms with E-state index >= 15 is 0 Å². The van der Waals surface area contributed by atoms with Gasteiger partial charge in [0.1, 0.15) is 0 Å². The van der Waals surface area contributed by atoms with Gasteiger partial charge in [-0.1, -0.05) is 41.6 Å². The van der Waals surface area contributed by atoms with Crippen LogP contribution in [0.4, 0.5) is 5.13 Å². The molecule has 1 aromatic heterocycles. The van der Waals surface area contributed by atoms with Crippen LogP contribution in [0.3, 0.4) is 0 Å². The summed E-state index contributed by atoms with van der Waals surface area (Å²) in [6, 6.07) is 6.75. The minimum atomic E-state index is -0.111. The second kappa shape index (κ2) is 7.53. The van der Waals surface area contributed by atoms with Crippen molar-refractivity contribution in [3.63, 3.8) is 0 Å². The van der Waals surface area contributed by atoms with E-state index in [0.717, 1.165) is 0 Å². The predicted octanol–water partition coefficient (Wildman–Crippen LogP) is 3.52. The lowest BCUT2D eigenvalue weighted by Gasteiger charge is -1.99. The standard InChI is InChI=1S/C13H12ClN3O2S2/c1-2-11(19)15-12-16-17-13(21-12)20-7-10(18)8-3-5-9(14)6-4-8/h3-6H,2,7H2,1H3,(H,15,16,19). The number of rotatable bonds is 6. The molecule has 0 unspecified atom stereocenters. The second-order valence-electron chi connectivity index (χ2n) is 3.99. The third-order valence-electron chi connectivity index (χ3n) is 2.47. The predicted molar refractivity (Wildman–Crippen MR) is 85.3 cm³/mol. The van der Waals surface area contributed by atoms with Gasteiger partial charge < -0.3 is 5.32 Å². The number of anilines is 1. The maximum absolute atomic E-state index is 12.0. The van der Waals surface area contributed by atoms with Crippen molar-refractivity contribution in [2.45, 2.75) is 17.7 Å². The first-order valence-corrected chi connectivity index (χ1v) is 8.31. The quantitative estimate of drug-likeness (QED) is 0.494. The first-order chi connectivity index (χ1) is 10.1. The smallest absolute Gasteiger partial charge is 0.225 e. The number of halogens is 1. The molecule has 1 amide bonds. The van der Waals surface area contributed by atoms with Crippen molar-refractivity contribution in [3.05, 3.63) is 34.9 Å². The van der Waals surface area contributed by atoms with Gasteiger partial charge in [0.25, 0.3) is 0 Å². The summed E-state index contributed by atoms with van der Waals surface area (Å²) < 4.78 is 0.642.